The van der Waals surface area contributed by atoms with Crippen molar-refractivity contribution in [1.29, 1.82) is 0 Å². The molecule has 14 heteroatoms. The van der Waals surface area contributed by atoms with E-state index in [1.165, 1.54) is 6.92 Å². The molecule has 0 spiro atoms. The lowest BCUT2D eigenvalue weighted by atomic mass is 9.87. The first-order chi connectivity index (χ1) is 35.0. The number of esters is 2. The van der Waals surface area contributed by atoms with Gasteiger partial charge in [-0.2, -0.15) is 0 Å². The number of hydrogen-bond donors (Lipinski definition) is 4. The summed E-state index contributed by atoms with van der Waals surface area (Å²) >= 11 is 0. The minimum absolute atomic E-state index is 0. The molecule has 0 fully saturated rings. The van der Waals surface area contributed by atoms with Crippen LogP contribution in [0.1, 0.15) is 123 Å². The predicted molar refractivity (Wildman–Crippen MR) is 328 cm³/mol. The summed E-state index contributed by atoms with van der Waals surface area (Å²) in [4.78, 5) is 58.7. The van der Waals surface area contributed by atoms with Gasteiger partial charge < -0.3 is 45.0 Å². The molecule has 14 nitrogen and oxygen atoms in total. The van der Waals surface area contributed by atoms with Crippen LogP contribution in [0.3, 0.4) is 0 Å². The van der Waals surface area contributed by atoms with E-state index in [1.807, 2.05) is 57.3 Å². The molecule has 1 atom stereocenters. The molecule has 0 aliphatic rings. The average molecular weight is 1040 g/mol. The molecular formula is C60H100N4O10. The number of hydrogen-bond acceptors (Lipinski definition) is 11. The predicted octanol–water partition coefficient (Wildman–Crippen LogP) is 11.4. The highest BCUT2D eigenvalue weighted by Crippen LogP contribution is 2.28. The Morgan fingerprint density at radius 2 is 0.932 bits per heavy atom. The van der Waals surface area contributed by atoms with Gasteiger partial charge in [0.15, 0.2) is 0 Å². The van der Waals surface area contributed by atoms with E-state index in [2.05, 4.69) is 172 Å². The molecule has 0 aromatic heterocycles. The molecular weight excluding hydrogens is 937 g/mol. The molecule has 2 rings (SSSR count). The monoisotopic (exact) mass is 1040 g/mol. The number of terminal acetylenes is 1. The number of ether oxygens (including phenoxy) is 5. The van der Waals surface area contributed by atoms with E-state index in [-0.39, 0.29) is 56.7 Å². The molecule has 3 amide bonds. The molecule has 0 aliphatic carbocycles. The van der Waals surface area contributed by atoms with Crippen molar-refractivity contribution in [2.24, 2.45) is 0 Å². The first-order valence-corrected chi connectivity index (χ1v) is 22.2. The summed E-state index contributed by atoms with van der Waals surface area (Å²) < 4.78 is 24.8. The molecule has 0 aliphatic heterocycles. The minimum Gasteiger partial charge on any atom is -0.462 e. The summed E-state index contributed by atoms with van der Waals surface area (Å²) in [5.74, 6) is 47.7. The topological polar surface area (TPSA) is 180 Å². The minimum atomic E-state index is -0.870. The van der Waals surface area contributed by atoms with Crippen molar-refractivity contribution < 1.29 is 79.0 Å². The number of rotatable bonds is 15. The van der Waals surface area contributed by atoms with Crippen LogP contribution >= 0.6 is 0 Å². The van der Waals surface area contributed by atoms with Crippen molar-refractivity contribution >= 4 is 30.2 Å². The van der Waals surface area contributed by atoms with Crippen LogP contribution in [0.15, 0.2) is 61.2 Å². The Kier molecular flexibility index (Phi) is 27.5. The van der Waals surface area contributed by atoms with Crippen molar-refractivity contribution in [1.82, 2.24) is 21.3 Å². The number of amides is 3. The number of carbonyl (C=O) groups excluding carboxylic acids is 5. The summed E-state index contributed by atoms with van der Waals surface area (Å²) in [5, 5.41) is 11.6. The van der Waals surface area contributed by atoms with Crippen LogP contribution in [-0.4, -0.2) is 63.2 Å². The van der Waals surface area contributed by atoms with Gasteiger partial charge in [-0.3, -0.25) is 4.79 Å². The largest absolute Gasteiger partial charge is 0.462 e. The summed E-state index contributed by atoms with van der Waals surface area (Å²) in [6, 6.07) is 15.3. The highest BCUT2D eigenvalue weighted by Gasteiger charge is 2.29. The second-order valence-corrected chi connectivity index (χ2v) is 16.8. The van der Waals surface area contributed by atoms with Crippen LogP contribution in [0.4, 0.5) is 14.4 Å². The smallest absolute Gasteiger partial charge is 0.421 e. The third-order valence-corrected chi connectivity index (χ3v) is 9.43. The zero-order valence-electron chi connectivity index (χ0n) is 43.3. The van der Waals surface area contributed by atoms with Gasteiger partial charge in [-0.25, -0.2) is 19.2 Å². The first-order valence-electron chi connectivity index (χ1n) is 22.2. The fourth-order valence-corrected chi connectivity index (χ4v) is 5.26. The van der Waals surface area contributed by atoms with Crippen molar-refractivity contribution in [2.45, 2.75) is 97.5 Å². The maximum absolute atomic E-state index is 12.4. The van der Waals surface area contributed by atoms with Gasteiger partial charge >= 0.3 is 30.2 Å². The molecule has 0 saturated heterocycles. The molecule has 74 heavy (non-hydrogen) atoms. The van der Waals surface area contributed by atoms with Crippen LogP contribution in [0.5, 0.6) is 0 Å². The number of nitrogens with one attached hydrogen (secondary N) is 4. The maximum atomic E-state index is 12.4. The quantitative estimate of drug-likeness (QED) is 0.0438. The van der Waals surface area contributed by atoms with E-state index >= 15 is 0 Å². The van der Waals surface area contributed by atoms with Gasteiger partial charge in [0, 0.05) is 121 Å². The number of benzene rings is 2. The van der Waals surface area contributed by atoms with Crippen molar-refractivity contribution in [3.8, 4) is 131 Å². The molecule has 0 saturated carbocycles. The molecule has 2 aromatic carbocycles. The Labute approximate surface area is 469 Å². The van der Waals surface area contributed by atoms with E-state index in [1.54, 1.807) is 40.7 Å². The highest BCUT2D eigenvalue weighted by atomic mass is 16.6. The van der Waals surface area contributed by atoms with Gasteiger partial charge in [-0.05, 0) is 139 Å². The second kappa shape index (κ2) is 32.8. The van der Waals surface area contributed by atoms with Gasteiger partial charge in [-0.15, -0.1) is 6.42 Å². The van der Waals surface area contributed by atoms with Crippen molar-refractivity contribution in [3.05, 3.63) is 83.4 Å². The van der Waals surface area contributed by atoms with Crippen molar-refractivity contribution in [2.75, 3.05) is 26.9 Å². The standard InChI is InChI=1S/C41H28N2O6.C19H28N2O4.22H2/c1-8-9-10-11-12-13-14-15-16-17-18-19-20-21-22-23-24-25-26-27-31-47-38(45)42-40(4,5)36-29-28-30-37(32-36)41(6,7)43-39(46)49-34(2)33-48-35(3)44;1-7-16(22)24-11-12-25-17(23)21-19(4,5)15-10-8-9-14(13-15)18(2,3)20-6;;;;;;;;;;;;;;;;;;;;;;/h1,28-30,32,34H,33H2,2-7H3,(H,42,45)(H,43,46);7-10,13,20H,1,11-12H2,2-6H3,(H,21,23);22*1H. The normalized spacial score (nSPS) is 9.76. The third-order valence-electron chi connectivity index (χ3n) is 9.43. The van der Waals surface area contributed by atoms with Gasteiger partial charge in [0.2, 0.25) is 0 Å². The zero-order valence-corrected chi connectivity index (χ0v) is 43.3. The fourth-order valence-electron chi connectivity index (χ4n) is 5.26. The molecule has 1 unspecified atom stereocenters. The third kappa shape index (κ3) is 26.7. The van der Waals surface area contributed by atoms with Gasteiger partial charge in [-0.1, -0.05) is 55.1 Å². The Bertz CT molecular complexity index is 3180. The van der Waals surface area contributed by atoms with Crippen LogP contribution in [0, 0.1) is 131 Å². The Morgan fingerprint density at radius 1 is 0.568 bits per heavy atom. The zero-order chi connectivity index (χ0) is 55.5. The maximum Gasteiger partial charge on any atom is 0.421 e. The van der Waals surface area contributed by atoms with Gasteiger partial charge in [0.1, 0.15) is 32.0 Å². The molecule has 420 valence electrons. The van der Waals surface area contributed by atoms with E-state index in [0.717, 1.165) is 28.3 Å². The van der Waals surface area contributed by atoms with Crippen LogP contribution in [-0.2, 0) is 55.4 Å². The summed E-state index contributed by atoms with van der Waals surface area (Å²) in [6.45, 7) is 21.2. The van der Waals surface area contributed by atoms with Crippen LogP contribution < -0.4 is 21.3 Å². The van der Waals surface area contributed by atoms with E-state index in [0.29, 0.717) is 0 Å². The molecule has 0 bridgehead atoms. The lowest BCUT2D eigenvalue weighted by Gasteiger charge is -2.30. The number of carbonyl (C=O) groups is 5. The molecule has 2 aromatic rings. The molecule has 0 heterocycles. The Balaban J connectivity index is -0.0000000516. The Hall–Kier alpha value is -9.95. The number of alkyl carbamates (subject to hydrolysis) is 3. The first kappa shape index (κ1) is 62.1. The van der Waals surface area contributed by atoms with Crippen LogP contribution in [0.25, 0.3) is 0 Å². The molecule has 4 N–H and O–H groups in total. The average Bonchev–Trinajstić information content (AvgIpc) is 3.34. The highest BCUT2D eigenvalue weighted by molar-refractivity contribution is 5.81. The van der Waals surface area contributed by atoms with Gasteiger partial charge in [0.25, 0.3) is 0 Å². The fraction of sp³-hybridized carbons (Fsp3) is 0.317. The van der Waals surface area contributed by atoms with E-state index in [4.69, 9.17) is 30.1 Å². The van der Waals surface area contributed by atoms with E-state index < -0.39 is 52.9 Å². The van der Waals surface area contributed by atoms with Crippen molar-refractivity contribution in [3.63, 3.8) is 0 Å². The summed E-state index contributed by atoms with van der Waals surface area (Å²) in [5.41, 5.74) is 1.06. The van der Waals surface area contributed by atoms with E-state index in [9.17, 15) is 24.0 Å². The lowest BCUT2D eigenvalue weighted by molar-refractivity contribution is -0.143. The van der Waals surface area contributed by atoms with Crippen LogP contribution in [0.2, 0.25) is 0 Å². The molecule has 0 radical (unpaired) electrons. The Morgan fingerprint density at radius 3 is 1.32 bits per heavy atom. The second-order valence-electron chi connectivity index (χ2n) is 16.8. The van der Waals surface area contributed by atoms with Gasteiger partial charge in [0.05, 0.1) is 16.6 Å². The SMILES string of the molecule is C#CC#CC#CC#CC#CC#CC#CC#CC#CC#CC#COC(=O)NC(C)(C)c1cccc(C(C)(C)NC(=O)OC(C)COC(C)=O)c1.C=CC(=O)OCCOC(=O)NC(C)(C)c1cccc(C(C)(C)NC)c1.[HH].[HH].[HH].[HH].[HH].[HH].[HH].[HH].[HH].[HH].[HH].[HH].[HH].[HH].[HH].[HH].[HH].[HH].[HH].[HH].[HH].[HH]. The summed E-state index contributed by atoms with van der Waals surface area (Å²) in [6.07, 6.45) is 5.53. The lowest BCUT2D eigenvalue weighted by Crippen LogP contribution is -2.44. The summed E-state index contributed by atoms with van der Waals surface area (Å²) in [7, 11) is 1.91.